The number of hydrogen-bond acceptors (Lipinski definition) is 4. The van der Waals surface area contributed by atoms with E-state index in [9.17, 15) is 4.79 Å². The number of carbonyl (C=O) groups excluding carboxylic acids is 1. The van der Waals surface area contributed by atoms with E-state index in [2.05, 4.69) is 10.3 Å². The summed E-state index contributed by atoms with van der Waals surface area (Å²) in [6.07, 6.45) is 1.10. The number of carbonyl (C=O) groups is 1. The number of aromatic nitrogens is 1. The lowest BCUT2D eigenvalue weighted by Crippen LogP contribution is -2.37. The molecule has 5 nitrogen and oxygen atoms in total. The molecule has 0 aliphatic carbocycles. The second kappa shape index (κ2) is 6.21. The zero-order valence-corrected chi connectivity index (χ0v) is 12.4. The van der Waals surface area contributed by atoms with Crippen molar-refractivity contribution in [1.82, 2.24) is 10.3 Å². The fourth-order valence-corrected chi connectivity index (χ4v) is 1.60. The van der Waals surface area contributed by atoms with Crippen molar-refractivity contribution in [2.75, 3.05) is 6.54 Å². The van der Waals surface area contributed by atoms with Gasteiger partial charge in [-0.1, -0.05) is 11.6 Å². The van der Waals surface area contributed by atoms with Crippen LogP contribution in [0.4, 0.5) is 4.79 Å². The number of nitrogens with one attached hydrogen (secondary N) is 1. The van der Waals surface area contributed by atoms with E-state index in [1.165, 1.54) is 0 Å². The molecule has 0 aliphatic rings. The van der Waals surface area contributed by atoms with Crippen molar-refractivity contribution in [2.45, 2.75) is 39.3 Å². The molecule has 1 atom stereocenters. The van der Waals surface area contributed by atoms with Crippen LogP contribution < -0.4 is 11.1 Å². The first-order valence-electron chi connectivity index (χ1n) is 6.04. The van der Waals surface area contributed by atoms with Gasteiger partial charge in [-0.3, -0.25) is 0 Å². The Morgan fingerprint density at radius 3 is 2.68 bits per heavy atom. The lowest BCUT2D eigenvalue weighted by Gasteiger charge is -2.23. The summed E-state index contributed by atoms with van der Waals surface area (Å²) in [6.45, 7) is 7.51. The van der Waals surface area contributed by atoms with Gasteiger partial charge in [0.15, 0.2) is 0 Å². The van der Waals surface area contributed by atoms with E-state index in [1.54, 1.807) is 27.0 Å². The van der Waals surface area contributed by atoms with Gasteiger partial charge in [-0.05, 0) is 44.9 Å². The Morgan fingerprint density at radius 1 is 1.58 bits per heavy atom. The van der Waals surface area contributed by atoms with E-state index in [0.717, 1.165) is 11.1 Å². The van der Waals surface area contributed by atoms with Gasteiger partial charge in [-0.2, -0.15) is 0 Å². The van der Waals surface area contributed by atoms with Gasteiger partial charge in [0.25, 0.3) is 0 Å². The Kier molecular flexibility index (Phi) is 5.14. The van der Waals surface area contributed by atoms with E-state index in [0.29, 0.717) is 5.15 Å². The van der Waals surface area contributed by atoms with Crippen LogP contribution in [0.15, 0.2) is 12.3 Å². The molecule has 1 unspecified atom stereocenters. The summed E-state index contributed by atoms with van der Waals surface area (Å²) in [5, 5.41) is 3.16. The van der Waals surface area contributed by atoms with Crippen LogP contribution in [0.25, 0.3) is 0 Å². The minimum Gasteiger partial charge on any atom is -0.444 e. The highest BCUT2D eigenvalue weighted by atomic mass is 35.5. The highest BCUT2D eigenvalue weighted by Gasteiger charge is 2.20. The summed E-state index contributed by atoms with van der Waals surface area (Å²) >= 11 is 5.87. The lowest BCUT2D eigenvalue weighted by atomic mass is 10.1. The second-order valence-corrected chi connectivity index (χ2v) is 5.67. The molecule has 0 saturated carbocycles. The van der Waals surface area contributed by atoms with Gasteiger partial charge in [-0.25, -0.2) is 9.78 Å². The van der Waals surface area contributed by atoms with Gasteiger partial charge in [0.1, 0.15) is 10.8 Å². The van der Waals surface area contributed by atoms with Gasteiger partial charge < -0.3 is 15.8 Å². The number of rotatable bonds is 3. The molecule has 1 amide bonds. The maximum Gasteiger partial charge on any atom is 0.408 e. The largest absolute Gasteiger partial charge is 0.444 e. The van der Waals surface area contributed by atoms with Crippen LogP contribution in [0.3, 0.4) is 0 Å². The lowest BCUT2D eigenvalue weighted by molar-refractivity contribution is 0.0505. The average molecular weight is 286 g/mol. The first-order valence-corrected chi connectivity index (χ1v) is 6.42. The molecule has 1 aromatic rings. The topological polar surface area (TPSA) is 77.2 Å². The zero-order valence-electron chi connectivity index (χ0n) is 11.7. The molecule has 1 heterocycles. The standard InChI is InChI=1S/C13H20ClN3O2/c1-8-5-9(7-16-11(8)14)10(6-15)17-12(18)19-13(2,3)4/h5,7,10H,6,15H2,1-4H3,(H,17,18). The molecule has 0 spiro atoms. The molecule has 1 rings (SSSR count). The van der Waals surface area contributed by atoms with Crippen LogP contribution in [-0.2, 0) is 4.74 Å². The minimum atomic E-state index is -0.544. The fraction of sp³-hybridized carbons (Fsp3) is 0.538. The van der Waals surface area contributed by atoms with Crippen LogP contribution in [0.1, 0.15) is 37.9 Å². The zero-order chi connectivity index (χ0) is 14.6. The van der Waals surface area contributed by atoms with Gasteiger partial charge in [0.2, 0.25) is 0 Å². The molecule has 6 heteroatoms. The SMILES string of the molecule is Cc1cc(C(CN)NC(=O)OC(C)(C)C)cnc1Cl. The van der Waals surface area contributed by atoms with E-state index in [1.807, 2.05) is 13.0 Å². The Morgan fingerprint density at radius 2 is 2.21 bits per heavy atom. The molecular weight excluding hydrogens is 266 g/mol. The van der Waals surface area contributed by atoms with E-state index < -0.39 is 11.7 Å². The normalized spacial score (nSPS) is 12.9. The number of ether oxygens (including phenoxy) is 1. The first kappa shape index (κ1) is 15.7. The molecule has 0 fully saturated rings. The summed E-state index contributed by atoms with van der Waals surface area (Å²) in [5.41, 5.74) is 6.77. The van der Waals surface area contributed by atoms with E-state index >= 15 is 0 Å². The predicted molar refractivity (Wildman–Crippen MR) is 75.1 cm³/mol. The third-order valence-electron chi connectivity index (χ3n) is 2.36. The smallest absolute Gasteiger partial charge is 0.408 e. The van der Waals surface area contributed by atoms with Crippen LogP contribution in [0.5, 0.6) is 0 Å². The Hall–Kier alpha value is -1.33. The number of pyridine rings is 1. The first-order chi connectivity index (χ1) is 8.73. The minimum absolute atomic E-state index is 0.252. The van der Waals surface area contributed by atoms with Crippen LogP contribution in [0.2, 0.25) is 5.15 Å². The maximum atomic E-state index is 11.7. The third-order valence-corrected chi connectivity index (χ3v) is 2.76. The van der Waals surface area contributed by atoms with Gasteiger partial charge in [0.05, 0.1) is 6.04 Å². The summed E-state index contributed by atoms with van der Waals surface area (Å²) in [7, 11) is 0. The van der Waals surface area contributed by atoms with Crippen molar-refractivity contribution in [3.8, 4) is 0 Å². The monoisotopic (exact) mass is 285 g/mol. The maximum absolute atomic E-state index is 11.7. The van der Waals surface area contributed by atoms with Crippen molar-refractivity contribution in [3.63, 3.8) is 0 Å². The van der Waals surface area contributed by atoms with Crippen molar-refractivity contribution in [1.29, 1.82) is 0 Å². The van der Waals surface area contributed by atoms with Crippen LogP contribution >= 0.6 is 11.6 Å². The molecule has 0 saturated heterocycles. The molecule has 19 heavy (non-hydrogen) atoms. The van der Waals surface area contributed by atoms with Crippen molar-refractivity contribution in [2.24, 2.45) is 5.73 Å². The van der Waals surface area contributed by atoms with Crippen LogP contribution in [-0.4, -0.2) is 23.2 Å². The summed E-state index contributed by atoms with van der Waals surface area (Å²) in [4.78, 5) is 15.8. The van der Waals surface area contributed by atoms with E-state index in [4.69, 9.17) is 22.1 Å². The van der Waals surface area contributed by atoms with Gasteiger partial charge >= 0.3 is 6.09 Å². The summed E-state index contributed by atoms with van der Waals surface area (Å²) in [5.74, 6) is 0. The Labute approximate surface area is 118 Å². The quantitative estimate of drug-likeness (QED) is 0.837. The number of aryl methyl sites for hydroxylation is 1. The number of halogens is 1. The number of alkyl carbamates (subject to hydrolysis) is 1. The van der Waals surface area contributed by atoms with Crippen molar-refractivity contribution >= 4 is 17.7 Å². The fourth-order valence-electron chi connectivity index (χ4n) is 1.50. The Bertz CT molecular complexity index is 458. The van der Waals surface area contributed by atoms with Gasteiger partial charge in [-0.15, -0.1) is 0 Å². The molecule has 1 aromatic heterocycles. The number of hydrogen-bond donors (Lipinski definition) is 2. The summed E-state index contributed by atoms with van der Waals surface area (Å²) in [6, 6.07) is 1.50. The molecule has 0 aromatic carbocycles. The molecular formula is C13H20ClN3O2. The predicted octanol–water partition coefficient (Wildman–Crippen LogP) is 2.57. The average Bonchev–Trinajstić information content (AvgIpc) is 2.27. The van der Waals surface area contributed by atoms with Crippen LogP contribution in [0, 0.1) is 6.92 Å². The highest BCUT2D eigenvalue weighted by Crippen LogP contribution is 2.18. The molecule has 0 bridgehead atoms. The third kappa shape index (κ3) is 5.04. The molecule has 0 radical (unpaired) electrons. The van der Waals surface area contributed by atoms with Crippen molar-refractivity contribution < 1.29 is 9.53 Å². The number of amides is 1. The summed E-state index contributed by atoms with van der Waals surface area (Å²) < 4.78 is 5.19. The Balaban J connectivity index is 2.78. The highest BCUT2D eigenvalue weighted by molar-refractivity contribution is 6.30. The number of nitrogens with two attached hydrogens (primary N) is 1. The molecule has 3 N–H and O–H groups in total. The number of nitrogens with zero attached hydrogens (tertiary/aromatic N) is 1. The van der Waals surface area contributed by atoms with E-state index in [-0.39, 0.29) is 12.6 Å². The molecule has 106 valence electrons. The van der Waals surface area contributed by atoms with Gasteiger partial charge in [0, 0.05) is 12.7 Å². The second-order valence-electron chi connectivity index (χ2n) is 5.31. The van der Waals surface area contributed by atoms with Crippen molar-refractivity contribution in [3.05, 3.63) is 28.5 Å². The molecule has 0 aliphatic heterocycles.